The second kappa shape index (κ2) is 6.16. The molecule has 4 nitrogen and oxygen atoms in total. The van der Waals surface area contributed by atoms with E-state index in [1.54, 1.807) is 0 Å². The number of sulfone groups is 1. The van der Waals surface area contributed by atoms with Crippen molar-refractivity contribution < 1.29 is 8.42 Å². The van der Waals surface area contributed by atoms with E-state index in [0.717, 1.165) is 16.7 Å². The van der Waals surface area contributed by atoms with Crippen LogP contribution in [0.5, 0.6) is 0 Å². The van der Waals surface area contributed by atoms with E-state index in [9.17, 15) is 8.42 Å². The minimum atomic E-state index is -3.10. The van der Waals surface area contributed by atoms with E-state index in [-0.39, 0.29) is 29.5 Å². The molecule has 0 saturated carbocycles. The van der Waals surface area contributed by atoms with Gasteiger partial charge in [0.05, 0.1) is 17.5 Å². The maximum atomic E-state index is 12.5. The maximum absolute atomic E-state index is 12.5. The molecule has 0 spiro atoms. The molecule has 3 atom stereocenters. The molecule has 0 radical (unpaired) electrons. The van der Waals surface area contributed by atoms with Crippen LogP contribution in [-0.4, -0.2) is 26.0 Å². The lowest BCUT2D eigenvalue weighted by atomic mass is 9.87. The molecule has 2 aliphatic heterocycles. The van der Waals surface area contributed by atoms with Crippen LogP contribution < -0.4 is 10.9 Å². The summed E-state index contributed by atoms with van der Waals surface area (Å²) in [5.41, 5.74) is 9.73. The van der Waals surface area contributed by atoms with Gasteiger partial charge in [-0.25, -0.2) is 19.3 Å². The highest BCUT2D eigenvalue weighted by atomic mass is 32.2. The van der Waals surface area contributed by atoms with Gasteiger partial charge in [-0.3, -0.25) is 0 Å². The molecule has 3 unspecified atom stereocenters. The molecule has 24 heavy (non-hydrogen) atoms. The molecule has 2 aliphatic rings. The molecule has 0 aromatic heterocycles. The summed E-state index contributed by atoms with van der Waals surface area (Å²) in [6, 6.07) is 20.0. The Balaban J connectivity index is 1.70. The van der Waals surface area contributed by atoms with Crippen molar-refractivity contribution in [2.24, 2.45) is 5.92 Å². The van der Waals surface area contributed by atoms with Crippen molar-refractivity contribution in [2.75, 3.05) is 11.5 Å². The molecular weight excluding hydrogens is 320 g/mol. The molecule has 2 aromatic rings. The molecule has 0 aliphatic carbocycles. The molecule has 0 bridgehead atoms. The second-order valence-electron chi connectivity index (χ2n) is 6.50. The van der Waals surface area contributed by atoms with Gasteiger partial charge in [0.2, 0.25) is 0 Å². The number of hydrogen-bond acceptors (Lipinski definition) is 4. The van der Waals surface area contributed by atoms with Gasteiger partial charge in [-0.15, -0.1) is 0 Å². The first-order valence-corrected chi connectivity index (χ1v) is 9.96. The zero-order chi connectivity index (χ0) is 16.6. The molecule has 4 rings (SSSR count). The average molecular weight is 340 g/mol. The zero-order valence-electron chi connectivity index (χ0n) is 13.2. The molecule has 2 saturated heterocycles. The van der Waals surface area contributed by atoms with Gasteiger partial charge in [-0.2, -0.15) is 0 Å². The van der Waals surface area contributed by atoms with Crippen LogP contribution in [-0.2, 0) is 9.84 Å². The summed E-state index contributed by atoms with van der Waals surface area (Å²) in [6.07, 6.45) is 2.01. The fourth-order valence-electron chi connectivity index (χ4n) is 3.73. The molecule has 2 fully saturated rings. The van der Waals surface area contributed by atoms with Crippen LogP contribution in [0.25, 0.3) is 6.08 Å². The molecule has 2 aromatic carbocycles. The fourth-order valence-corrected chi connectivity index (χ4v) is 5.59. The van der Waals surface area contributed by atoms with Crippen molar-refractivity contribution in [1.82, 2.24) is 10.9 Å². The van der Waals surface area contributed by atoms with Crippen molar-refractivity contribution in [3.63, 3.8) is 0 Å². The average Bonchev–Trinajstić information content (AvgIpc) is 2.99. The van der Waals surface area contributed by atoms with Crippen molar-refractivity contribution in [3.8, 4) is 0 Å². The third-order valence-corrected chi connectivity index (χ3v) is 6.46. The third kappa shape index (κ3) is 3.02. The number of hydrogen-bond donors (Lipinski definition) is 2. The van der Waals surface area contributed by atoms with Gasteiger partial charge in [0.1, 0.15) is 0 Å². The van der Waals surface area contributed by atoms with Gasteiger partial charge in [0.15, 0.2) is 9.84 Å². The Kier molecular flexibility index (Phi) is 4.00. The van der Waals surface area contributed by atoms with Crippen molar-refractivity contribution >= 4 is 15.9 Å². The van der Waals surface area contributed by atoms with Gasteiger partial charge in [0, 0.05) is 12.0 Å². The Morgan fingerprint density at radius 3 is 2.21 bits per heavy atom. The molecule has 5 heteroatoms. The maximum Gasteiger partial charge on any atom is 0.154 e. The van der Waals surface area contributed by atoms with Gasteiger partial charge >= 0.3 is 0 Å². The minimum absolute atomic E-state index is 0.00103. The standard InChI is InChI=1S/C19H20N2O2S/c22-24(23)12-16(11-14-7-3-1-4-8-14)19-17(13-24)18(20-21-19)15-9-5-2-6-10-15/h1-11,17-21H,12-13H2. The Hall–Kier alpha value is -1.95. The molecular formula is C19H20N2O2S. The number of rotatable bonds is 2. The third-order valence-electron chi connectivity index (χ3n) is 4.79. The summed E-state index contributed by atoms with van der Waals surface area (Å²) in [6.45, 7) is 0. The number of nitrogens with one attached hydrogen (secondary N) is 2. The highest BCUT2D eigenvalue weighted by Gasteiger charge is 2.45. The van der Waals surface area contributed by atoms with E-state index in [4.69, 9.17) is 0 Å². The van der Waals surface area contributed by atoms with Crippen LogP contribution in [0.4, 0.5) is 0 Å². The van der Waals surface area contributed by atoms with Crippen molar-refractivity contribution in [3.05, 3.63) is 77.4 Å². The Labute approximate surface area is 142 Å². The fraction of sp³-hybridized carbons (Fsp3) is 0.263. The highest BCUT2D eigenvalue weighted by Crippen LogP contribution is 2.37. The van der Waals surface area contributed by atoms with Crippen molar-refractivity contribution in [2.45, 2.75) is 12.1 Å². The summed E-state index contributed by atoms with van der Waals surface area (Å²) >= 11 is 0. The lowest BCUT2D eigenvalue weighted by Gasteiger charge is -2.30. The number of fused-ring (bicyclic) bond motifs is 1. The van der Waals surface area contributed by atoms with E-state index >= 15 is 0 Å². The highest BCUT2D eigenvalue weighted by molar-refractivity contribution is 7.91. The van der Waals surface area contributed by atoms with E-state index in [1.165, 1.54) is 0 Å². The van der Waals surface area contributed by atoms with Gasteiger partial charge < -0.3 is 0 Å². The predicted octanol–water partition coefficient (Wildman–Crippen LogP) is 2.33. The zero-order valence-corrected chi connectivity index (χ0v) is 14.0. The van der Waals surface area contributed by atoms with E-state index in [0.29, 0.717) is 0 Å². The SMILES string of the molecule is O=S1(=O)CC(=Cc2ccccc2)C2NNC(c3ccccc3)C2C1. The minimum Gasteiger partial charge on any atom is -0.250 e. The Morgan fingerprint density at radius 1 is 0.875 bits per heavy atom. The quantitative estimate of drug-likeness (QED) is 0.881. The van der Waals surface area contributed by atoms with E-state index in [2.05, 4.69) is 10.9 Å². The first-order chi connectivity index (χ1) is 11.6. The molecule has 2 heterocycles. The van der Waals surface area contributed by atoms with Crippen LogP contribution >= 0.6 is 0 Å². The summed E-state index contributed by atoms with van der Waals surface area (Å²) in [5.74, 6) is 0.337. The summed E-state index contributed by atoms with van der Waals surface area (Å²) in [5, 5.41) is 0. The summed E-state index contributed by atoms with van der Waals surface area (Å²) < 4.78 is 24.9. The van der Waals surface area contributed by atoms with Gasteiger partial charge in [-0.1, -0.05) is 66.7 Å². The van der Waals surface area contributed by atoms with E-state index < -0.39 is 9.84 Å². The first-order valence-electron chi connectivity index (χ1n) is 8.14. The van der Waals surface area contributed by atoms with Crippen LogP contribution in [0, 0.1) is 5.92 Å². The lowest BCUT2D eigenvalue weighted by Crippen LogP contribution is -2.42. The number of benzene rings is 2. The van der Waals surface area contributed by atoms with Crippen molar-refractivity contribution in [1.29, 1.82) is 0 Å². The predicted molar refractivity (Wildman–Crippen MR) is 95.8 cm³/mol. The first kappa shape index (κ1) is 15.6. The van der Waals surface area contributed by atoms with E-state index in [1.807, 2.05) is 66.7 Å². The summed E-state index contributed by atoms with van der Waals surface area (Å²) in [7, 11) is -3.10. The smallest absolute Gasteiger partial charge is 0.154 e. The topological polar surface area (TPSA) is 58.2 Å². The van der Waals surface area contributed by atoms with Crippen LogP contribution in [0.2, 0.25) is 0 Å². The lowest BCUT2D eigenvalue weighted by molar-refractivity contribution is 0.468. The number of hydrazine groups is 1. The molecule has 124 valence electrons. The van der Waals surface area contributed by atoms with Crippen LogP contribution in [0.1, 0.15) is 17.2 Å². The Bertz CT molecular complexity index is 847. The molecule has 2 N–H and O–H groups in total. The van der Waals surface area contributed by atoms with Gasteiger partial charge in [0.25, 0.3) is 0 Å². The molecule has 0 amide bonds. The largest absolute Gasteiger partial charge is 0.250 e. The summed E-state index contributed by atoms with van der Waals surface area (Å²) in [4.78, 5) is 0. The van der Waals surface area contributed by atoms with Gasteiger partial charge in [-0.05, 0) is 16.7 Å². The second-order valence-corrected chi connectivity index (χ2v) is 8.61. The Morgan fingerprint density at radius 2 is 1.50 bits per heavy atom. The van der Waals surface area contributed by atoms with Crippen LogP contribution in [0.15, 0.2) is 66.2 Å². The normalized spacial score (nSPS) is 30.2. The van der Waals surface area contributed by atoms with Crippen LogP contribution in [0.3, 0.4) is 0 Å². The monoisotopic (exact) mass is 340 g/mol.